The van der Waals surface area contributed by atoms with E-state index in [-0.39, 0.29) is 18.1 Å². The topological polar surface area (TPSA) is 123 Å². The van der Waals surface area contributed by atoms with Gasteiger partial charge in [0.15, 0.2) is 0 Å². The summed E-state index contributed by atoms with van der Waals surface area (Å²) in [6.07, 6.45) is 2.79. The fraction of sp³-hybridized carbons (Fsp3) is 0.235. The monoisotopic (exact) mass is 373 g/mol. The van der Waals surface area contributed by atoms with Gasteiger partial charge in [-0.15, -0.1) is 4.68 Å². The van der Waals surface area contributed by atoms with Crippen LogP contribution in [-0.2, 0) is 25.8 Å². The lowest BCUT2D eigenvalue weighted by Gasteiger charge is -2.29. The van der Waals surface area contributed by atoms with Gasteiger partial charge in [0.1, 0.15) is 11.3 Å². The van der Waals surface area contributed by atoms with E-state index in [2.05, 4.69) is 5.10 Å². The van der Waals surface area contributed by atoms with Crippen molar-refractivity contribution < 1.29 is 28.7 Å². The molecule has 3 rings (SSSR count). The molecule has 27 heavy (non-hydrogen) atoms. The summed E-state index contributed by atoms with van der Waals surface area (Å²) in [5.74, 6) is -2.58. The number of rotatable bonds is 5. The molecule has 0 saturated carbocycles. The number of hydrogen-bond acceptors (Lipinski definition) is 8. The Labute approximate surface area is 153 Å². The summed E-state index contributed by atoms with van der Waals surface area (Å²) in [5.41, 5.74) is 0.368. The molecule has 0 bridgehead atoms. The van der Waals surface area contributed by atoms with Gasteiger partial charge in [-0.25, -0.2) is 9.59 Å². The van der Waals surface area contributed by atoms with Crippen LogP contribution in [0.5, 0.6) is 5.75 Å². The molecule has 0 unspecified atom stereocenters. The molecule has 1 fully saturated rings. The van der Waals surface area contributed by atoms with E-state index in [1.807, 2.05) is 0 Å². The van der Waals surface area contributed by atoms with Crippen molar-refractivity contribution in [3.05, 3.63) is 57.8 Å². The summed E-state index contributed by atoms with van der Waals surface area (Å²) in [5, 5.41) is 14.3. The number of benzene rings is 1. The highest BCUT2D eigenvalue weighted by molar-refractivity contribution is 6.18. The lowest BCUT2D eigenvalue weighted by atomic mass is 10.1. The highest BCUT2D eigenvalue weighted by Gasteiger charge is 2.38. The van der Waals surface area contributed by atoms with Crippen molar-refractivity contribution in [2.24, 2.45) is 0 Å². The molecule has 2 heterocycles. The van der Waals surface area contributed by atoms with Crippen LogP contribution in [0.3, 0.4) is 0 Å². The summed E-state index contributed by atoms with van der Waals surface area (Å²) in [7, 11) is 0. The van der Waals surface area contributed by atoms with Crippen molar-refractivity contribution in [2.45, 2.75) is 26.4 Å². The Balaban J connectivity index is 1.65. The second-order valence-electron chi connectivity index (χ2n) is 6.05. The van der Waals surface area contributed by atoms with E-state index in [1.54, 1.807) is 24.3 Å². The Morgan fingerprint density at radius 1 is 1.19 bits per heavy atom. The van der Waals surface area contributed by atoms with E-state index in [0.29, 0.717) is 11.3 Å². The van der Waals surface area contributed by atoms with Gasteiger partial charge in [-0.2, -0.15) is 0 Å². The van der Waals surface area contributed by atoms with Gasteiger partial charge >= 0.3 is 17.8 Å². The summed E-state index contributed by atoms with van der Waals surface area (Å²) >= 11 is 0. The molecule has 140 valence electrons. The maximum absolute atomic E-state index is 11.9. The van der Waals surface area contributed by atoms with Crippen LogP contribution in [0.15, 0.2) is 42.1 Å². The van der Waals surface area contributed by atoms with Crippen LogP contribution in [0.4, 0.5) is 5.82 Å². The molecular formula is C17H15N3O7. The molecule has 0 spiro atoms. The molecule has 1 aliphatic heterocycles. The fourth-order valence-electron chi connectivity index (χ4n) is 2.27. The van der Waals surface area contributed by atoms with Gasteiger partial charge in [0, 0.05) is 13.8 Å². The SMILES string of the molecule is CC1(C)OC(=O)C(=Cc2ccc(OCn3ccc([N+](=O)[O-])n3)cc2)C(=O)O1. The van der Waals surface area contributed by atoms with E-state index in [1.165, 1.54) is 36.9 Å². The van der Waals surface area contributed by atoms with Crippen LogP contribution >= 0.6 is 0 Å². The molecule has 1 aromatic heterocycles. The molecule has 1 aromatic carbocycles. The number of nitro groups is 1. The second kappa shape index (κ2) is 6.90. The maximum atomic E-state index is 11.9. The molecule has 10 heteroatoms. The molecule has 0 amide bonds. The van der Waals surface area contributed by atoms with Gasteiger partial charge in [-0.3, -0.25) is 0 Å². The number of hydrogen-bond donors (Lipinski definition) is 0. The average molecular weight is 373 g/mol. The quantitative estimate of drug-likeness (QED) is 0.256. The third kappa shape index (κ3) is 4.29. The molecule has 10 nitrogen and oxygen atoms in total. The first-order valence-corrected chi connectivity index (χ1v) is 7.83. The van der Waals surface area contributed by atoms with Crippen molar-refractivity contribution >= 4 is 23.8 Å². The number of carbonyl (C=O) groups is 2. The number of cyclic esters (lactones) is 2. The van der Waals surface area contributed by atoms with E-state index in [0.717, 1.165) is 0 Å². The van der Waals surface area contributed by atoms with Gasteiger partial charge in [-0.05, 0) is 28.7 Å². The summed E-state index contributed by atoms with van der Waals surface area (Å²) < 4.78 is 16.8. The third-order valence-corrected chi connectivity index (χ3v) is 3.49. The van der Waals surface area contributed by atoms with Gasteiger partial charge < -0.3 is 24.3 Å². The first-order valence-electron chi connectivity index (χ1n) is 7.83. The summed E-state index contributed by atoms with van der Waals surface area (Å²) in [6.45, 7) is 2.93. The number of carbonyl (C=O) groups excluding carboxylic acids is 2. The largest absolute Gasteiger partial charge is 0.469 e. The zero-order chi connectivity index (χ0) is 19.6. The molecule has 1 aliphatic rings. The Hall–Kier alpha value is -3.69. The zero-order valence-corrected chi connectivity index (χ0v) is 14.4. The molecule has 2 aromatic rings. The lowest BCUT2D eigenvalue weighted by Crippen LogP contribution is -2.41. The minimum atomic E-state index is -1.29. The van der Waals surface area contributed by atoms with Gasteiger partial charge in [-0.1, -0.05) is 12.1 Å². The van der Waals surface area contributed by atoms with Crippen LogP contribution in [0.1, 0.15) is 19.4 Å². The van der Waals surface area contributed by atoms with Crippen molar-refractivity contribution in [1.29, 1.82) is 0 Å². The van der Waals surface area contributed by atoms with Crippen molar-refractivity contribution in [3.8, 4) is 5.75 Å². The van der Waals surface area contributed by atoms with E-state index in [9.17, 15) is 19.7 Å². The van der Waals surface area contributed by atoms with E-state index in [4.69, 9.17) is 14.2 Å². The zero-order valence-electron chi connectivity index (χ0n) is 14.4. The van der Waals surface area contributed by atoms with Crippen LogP contribution in [0.2, 0.25) is 0 Å². The molecule has 0 aliphatic carbocycles. The minimum absolute atomic E-state index is 0.0119. The van der Waals surface area contributed by atoms with Crippen LogP contribution in [0.25, 0.3) is 6.08 Å². The Bertz CT molecular complexity index is 906. The summed E-state index contributed by atoms with van der Waals surface area (Å²) in [6, 6.07) is 7.77. The molecule has 1 saturated heterocycles. The van der Waals surface area contributed by atoms with Crippen LogP contribution in [-0.4, -0.2) is 32.4 Å². The average Bonchev–Trinajstić information content (AvgIpc) is 3.06. The van der Waals surface area contributed by atoms with Gasteiger partial charge in [0.2, 0.25) is 6.73 Å². The Morgan fingerprint density at radius 3 is 2.37 bits per heavy atom. The standard InChI is InChI=1S/C17H15N3O7/c1-17(2)26-15(21)13(16(22)27-17)9-11-3-5-12(6-4-11)25-10-19-8-7-14(18-19)20(23)24/h3-9H,10H2,1-2H3. The smallest absolute Gasteiger partial charge is 0.390 e. The van der Waals surface area contributed by atoms with Crippen molar-refractivity contribution in [3.63, 3.8) is 0 Å². The normalized spacial score (nSPS) is 15.7. The van der Waals surface area contributed by atoms with Gasteiger partial charge in [0.25, 0.3) is 5.79 Å². The highest BCUT2D eigenvalue weighted by Crippen LogP contribution is 2.24. The van der Waals surface area contributed by atoms with Crippen LogP contribution < -0.4 is 4.74 Å². The lowest BCUT2D eigenvalue weighted by molar-refractivity contribution is -0.389. The predicted octanol–water partition coefficient (Wildman–Crippen LogP) is 2.05. The summed E-state index contributed by atoms with van der Waals surface area (Å²) in [4.78, 5) is 33.8. The first kappa shape index (κ1) is 18.1. The van der Waals surface area contributed by atoms with Crippen molar-refractivity contribution in [2.75, 3.05) is 0 Å². The van der Waals surface area contributed by atoms with Gasteiger partial charge in [0.05, 0.1) is 17.4 Å². The highest BCUT2D eigenvalue weighted by atomic mass is 16.7. The molecule has 0 radical (unpaired) electrons. The van der Waals surface area contributed by atoms with E-state index < -0.39 is 22.6 Å². The minimum Gasteiger partial charge on any atom is -0.469 e. The first-order chi connectivity index (χ1) is 12.7. The fourth-order valence-corrected chi connectivity index (χ4v) is 2.27. The Kier molecular flexibility index (Phi) is 4.63. The number of nitrogens with zero attached hydrogens (tertiary/aromatic N) is 3. The molecular weight excluding hydrogens is 358 g/mol. The number of esters is 2. The number of aromatic nitrogens is 2. The predicted molar refractivity (Wildman–Crippen MR) is 90.2 cm³/mol. The Morgan fingerprint density at radius 2 is 1.81 bits per heavy atom. The third-order valence-electron chi connectivity index (χ3n) is 3.49. The molecule has 0 atom stereocenters. The van der Waals surface area contributed by atoms with E-state index >= 15 is 0 Å². The molecule has 0 N–H and O–H groups in total. The van der Waals surface area contributed by atoms with Crippen molar-refractivity contribution in [1.82, 2.24) is 9.78 Å². The maximum Gasteiger partial charge on any atom is 0.390 e. The van der Waals surface area contributed by atoms with Crippen LogP contribution in [0, 0.1) is 10.1 Å². The second-order valence-corrected chi connectivity index (χ2v) is 6.05. The number of ether oxygens (including phenoxy) is 3.